The summed E-state index contributed by atoms with van der Waals surface area (Å²) in [4.78, 5) is 21.7. The number of nitrogens with zero attached hydrogens (tertiary/aromatic N) is 5. The van der Waals surface area contributed by atoms with Crippen molar-refractivity contribution in [1.29, 1.82) is 0 Å². The smallest absolute Gasteiger partial charge is 0.327 e. The van der Waals surface area contributed by atoms with Crippen LogP contribution in [0.25, 0.3) is 11.4 Å². The zero-order chi connectivity index (χ0) is 14.7. The maximum atomic E-state index is 10.9. The maximum Gasteiger partial charge on any atom is 0.327 e. The van der Waals surface area contributed by atoms with Crippen molar-refractivity contribution in [3.63, 3.8) is 0 Å². The number of nitro groups is 1. The molecule has 104 valence electrons. The van der Waals surface area contributed by atoms with E-state index in [0.29, 0.717) is 5.56 Å². The van der Waals surface area contributed by atoms with Crippen molar-refractivity contribution in [2.45, 2.75) is 6.54 Å². The highest BCUT2D eigenvalue weighted by atomic mass is 16.6. The Morgan fingerprint density at radius 2 is 2.30 bits per heavy atom. The summed E-state index contributed by atoms with van der Waals surface area (Å²) in [7, 11) is 1.32. The second-order valence-electron chi connectivity index (χ2n) is 3.68. The second kappa shape index (κ2) is 5.30. The van der Waals surface area contributed by atoms with Gasteiger partial charge >= 0.3 is 11.7 Å². The van der Waals surface area contributed by atoms with Crippen molar-refractivity contribution in [2.24, 2.45) is 0 Å². The minimum atomic E-state index is -1.12. The molecular formula is C10H9N5O5. The van der Waals surface area contributed by atoms with Gasteiger partial charge in [0.2, 0.25) is 5.82 Å². The predicted octanol–water partition coefficient (Wildman–Crippen LogP) is 0.341. The van der Waals surface area contributed by atoms with Gasteiger partial charge in [-0.1, -0.05) is 0 Å². The van der Waals surface area contributed by atoms with Crippen LogP contribution in [0.2, 0.25) is 0 Å². The van der Waals surface area contributed by atoms with Gasteiger partial charge in [0.1, 0.15) is 0 Å². The Bertz CT molecular complexity index is 668. The van der Waals surface area contributed by atoms with Gasteiger partial charge in [0.05, 0.1) is 12.0 Å². The van der Waals surface area contributed by atoms with E-state index >= 15 is 0 Å². The summed E-state index contributed by atoms with van der Waals surface area (Å²) in [5.74, 6) is -0.914. The Morgan fingerprint density at radius 1 is 1.55 bits per heavy atom. The largest absolute Gasteiger partial charge is 0.490 e. The van der Waals surface area contributed by atoms with Crippen LogP contribution in [0, 0.1) is 10.1 Å². The molecule has 20 heavy (non-hydrogen) atoms. The van der Waals surface area contributed by atoms with Gasteiger partial charge in [0, 0.05) is 11.6 Å². The molecule has 0 fully saturated rings. The molecule has 1 aromatic carbocycles. The van der Waals surface area contributed by atoms with Crippen LogP contribution in [0.15, 0.2) is 18.2 Å². The highest BCUT2D eigenvalue weighted by Gasteiger charge is 2.18. The first kappa shape index (κ1) is 13.4. The van der Waals surface area contributed by atoms with Crippen molar-refractivity contribution in [3.05, 3.63) is 28.3 Å². The van der Waals surface area contributed by atoms with Crippen LogP contribution in [-0.2, 0) is 11.3 Å². The Labute approximate surface area is 111 Å². The Kier molecular flexibility index (Phi) is 3.55. The van der Waals surface area contributed by atoms with Gasteiger partial charge in [0.25, 0.3) is 0 Å². The number of rotatable bonds is 5. The average molecular weight is 279 g/mol. The van der Waals surface area contributed by atoms with E-state index < -0.39 is 17.4 Å². The fourth-order valence-corrected chi connectivity index (χ4v) is 1.52. The van der Waals surface area contributed by atoms with Gasteiger partial charge in [-0.15, -0.1) is 10.2 Å². The number of benzene rings is 1. The Morgan fingerprint density at radius 3 is 2.90 bits per heavy atom. The quantitative estimate of drug-likeness (QED) is 0.611. The lowest BCUT2D eigenvalue weighted by atomic mass is 10.2. The molecule has 0 bridgehead atoms. The zero-order valence-electron chi connectivity index (χ0n) is 10.3. The van der Waals surface area contributed by atoms with Crippen molar-refractivity contribution >= 4 is 11.7 Å². The number of carbonyl (C=O) groups is 1. The van der Waals surface area contributed by atoms with Gasteiger partial charge in [0.15, 0.2) is 12.3 Å². The van der Waals surface area contributed by atoms with Crippen LogP contribution in [0.4, 0.5) is 5.69 Å². The van der Waals surface area contributed by atoms with E-state index in [1.165, 1.54) is 25.3 Å². The monoisotopic (exact) mass is 279 g/mol. The van der Waals surface area contributed by atoms with Gasteiger partial charge < -0.3 is 9.84 Å². The standard InChI is InChI=1S/C10H9N5O5/c1-20-8-3-2-6(4-7(8)15(18)19)10-11-13-14(12-10)5-9(16)17/h2-4H,5H2,1H3,(H,16,17). The third-order valence-electron chi connectivity index (χ3n) is 2.36. The average Bonchev–Trinajstić information content (AvgIpc) is 2.85. The van der Waals surface area contributed by atoms with Crippen LogP contribution < -0.4 is 4.74 Å². The summed E-state index contributed by atoms with van der Waals surface area (Å²) in [6, 6.07) is 4.17. The number of carboxylic acid groups (broad SMARTS) is 1. The molecule has 0 unspecified atom stereocenters. The van der Waals surface area contributed by atoms with E-state index in [9.17, 15) is 14.9 Å². The summed E-state index contributed by atoms with van der Waals surface area (Å²) in [6.07, 6.45) is 0. The summed E-state index contributed by atoms with van der Waals surface area (Å²) in [6.45, 7) is -0.439. The van der Waals surface area contributed by atoms with Crippen molar-refractivity contribution in [2.75, 3.05) is 7.11 Å². The van der Waals surface area contributed by atoms with Gasteiger partial charge in [-0.05, 0) is 17.3 Å². The summed E-state index contributed by atoms with van der Waals surface area (Å²) < 4.78 is 4.87. The van der Waals surface area contributed by atoms with Gasteiger partial charge in [-0.25, -0.2) is 0 Å². The number of aliphatic carboxylic acids is 1. The van der Waals surface area contributed by atoms with Crippen LogP contribution in [0.1, 0.15) is 0 Å². The van der Waals surface area contributed by atoms with E-state index in [1.54, 1.807) is 0 Å². The molecule has 0 saturated carbocycles. The van der Waals surface area contributed by atoms with E-state index in [1.807, 2.05) is 0 Å². The van der Waals surface area contributed by atoms with E-state index in [-0.39, 0.29) is 17.3 Å². The van der Waals surface area contributed by atoms with Gasteiger partial charge in [-0.2, -0.15) is 4.80 Å². The third-order valence-corrected chi connectivity index (χ3v) is 2.36. The first-order valence-electron chi connectivity index (χ1n) is 5.33. The maximum absolute atomic E-state index is 10.9. The lowest BCUT2D eigenvalue weighted by Crippen LogP contribution is -2.11. The molecular weight excluding hydrogens is 270 g/mol. The van der Waals surface area contributed by atoms with E-state index in [4.69, 9.17) is 9.84 Å². The number of nitro benzene ring substituents is 1. The van der Waals surface area contributed by atoms with Gasteiger partial charge in [-0.3, -0.25) is 14.9 Å². The Balaban J connectivity index is 2.37. The molecule has 0 aliphatic heterocycles. The van der Waals surface area contributed by atoms with E-state index in [2.05, 4.69) is 15.4 Å². The molecule has 0 saturated heterocycles. The number of carboxylic acids is 1. The predicted molar refractivity (Wildman–Crippen MR) is 64.1 cm³/mol. The lowest BCUT2D eigenvalue weighted by Gasteiger charge is -2.02. The van der Waals surface area contributed by atoms with Crippen molar-refractivity contribution in [1.82, 2.24) is 20.2 Å². The SMILES string of the molecule is COc1ccc(-c2nnn(CC(=O)O)n2)cc1[N+](=O)[O-]. The molecule has 1 N–H and O–H groups in total. The lowest BCUT2D eigenvalue weighted by molar-refractivity contribution is -0.385. The molecule has 2 rings (SSSR count). The van der Waals surface area contributed by atoms with Crippen molar-refractivity contribution < 1.29 is 19.6 Å². The fourth-order valence-electron chi connectivity index (χ4n) is 1.52. The highest BCUT2D eigenvalue weighted by molar-refractivity contribution is 5.66. The molecule has 1 aromatic heterocycles. The number of hydrogen-bond acceptors (Lipinski definition) is 7. The molecule has 0 radical (unpaired) electrons. The molecule has 1 heterocycles. The minimum Gasteiger partial charge on any atom is -0.490 e. The molecule has 2 aromatic rings. The second-order valence-corrected chi connectivity index (χ2v) is 3.68. The van der Waals surface area contributed by atoms with Crippen molar-refractivity contribution in [3.8, 4) is 17.1 Å². The summed E-state index contributed by atoms with van der Waals surface area (Å²) >= 11 is 0. The number of ether oxygens (including phenoxy) is 1. The summed E-state index contributed by atoms with van der Waals surface area (Å²) in [5, 5.41) is 30.5. The number of aromatic nitrogens is 4. The molecule has 10 heteroatoms. The normalized spacial score (nSPS) is 10.2. The summed E-state index contributed by atoms with van der Waals surface area (Å²) in [5.41, 5.74) is 0.105. The number of methoxy groups -OCH3 is 1. The minimum absolute atomic E-state index is 0.0944. The zero-order valence-corrected chi connectivity index (χ0v) is 10.3. The van der Waals surface area contributed by atoms with Crippen LogP contribution in [0.3, 0.4) is 0 Å². The molecule has 0 aliphatic rings. The van der Waals surface area contributed by atoms with Crippen LogP contribution in [0.5, 0.6) is 5.75 Å². The molecule has 10 nitrogen and oxygen atoms in total. The number of hydrogen-bond donors (Lipinski definition) is 1. The first-order chi connectivity index (χ1) is 9.51. The fraction of sp³-hybridized carbons (Fsp3) is 0.200. The molecule has 0 amide bonds. The molecule has 0 atom stereocenters. The molecule has 0 spiro atoms. The molecule has 0 aliphatic carbocycles. The number of tetrazole rings is 1. The first-order valence-corrected chi connectivity index (χ1v) is 5.33. The van der Waals surface area contributed by atoms with Crippen LogP contribution >= 0.6 is 0 Å². The van der Waals surface area contributed by atoms with E-state index in [0.717, 1.165) is 4.80 Å². The third kappa shape index (κ3) is 2.68. The highest BCUT2D eigenvalue weighted by Crippen LogP contribution is 2.30. The van der Waals surface area contributed by atoms with Crippen LogP contribution in [-0.4, -0.2) is 43.3 Å². The Hall–Kier alpha value is -3.04. The topological polar surface area (TPSA) is 133 Å².